The molecule has 1 atom stereocenters. The number of esters is 1. The number of carbonyl (C=O) groups is 1. The Morgan fingerprint density at radius 2 is 1.53 bits per heavy atom. The van der Waals surface area contributed by atoms with Crippen molar-refractivity contribution in [2.45, 2.75) is 5.92 Å². The first-order chi connectivity index (χ1) is 15.5. The lowest BCUT2D eigenvalue weighted by Crippen LogP contribution is -2.21. The Labute approximate surface area is 185 Å². The Hall–Kier alpha value is -4.44. The number of methoxy groups -OCH3 is 2. The Balaban J connectivity index is 1.65. The van der Waals surface area contributed by atoms with E-state index in [0.717, 1.165) is 11.1 Å². The van der Waals surface area contributed by atoms with Crippen LogP contribution in [0, 0.1) is 11.3 Å². The van der Waals surface area contributed by atoms with Crippen LogP contribution >= 0.6 is 0 Å². The maximum Gasteiger partial charge on any atom is 0.343 e. The maximum atomic E-state index is 12.5. The van der Waals surface area contributed by atoms with Gasteiger partial charge in [-0.2, -0.15) is 5.26 Å². The Morgan fingerprint density at radius 3 is 2.12 bits per heavy atom. The molecule has 0 saturated heterocycles. The summed E-state index contributed by atoms with van der Waals surface area (Å²) in [5, 5.41) is 9.69. The summed E-state index contributed by atoms with van der Waals surface area (Å²) in [5.74, 6) is 1.14. The van der Waals surface area contributed by atoms with E-state index in [1.165, 1.54) is 0 Å². The molecule has 3 aromatic rings. The van der Waals surface area contributed by atoms with E-state index < -0.39 is 11.9 Å². The second kappa shape index (κ2) is 8.74. The van der Waals surface area contributed by atoms with Crippen molar-refractivity contribution in [3.63, 3.8) is 0 Å². The SMILES string of the molecule is COc1ccc(C(=O)Oc2ccc3c(c2)OC(N)=C(C#N)[C@H]3c2ccc(OC)cc2)cc1. The van der Waals surface area contributed by atoms with Crippen molar-refractivity contribution >= 4 is 5.97 Å². The van der Waals surface area contributed by atoms with Gasteiger partial charge in [-0.05, 0) is 48.0 Å². The number of fused-ring (bicyclic) bond motifs is 1. The Bertz CT molecular complexity index is 1220. The maximum absolute atomic E-state index is 12.5. The van der Waals surface area contributed by atoms with Gasteiger partial charge < -0.3 is 24.7 Å². The molecule has 0 amide bonds. The summed E-state index contributed by atoms with van der Waals surface area (Å²) in [7, 11) is 3.14. The monoisotopic (exact) mass is 428 g/mol. The number of nitrogens with zero attached hydrogens (tertiary/aromatic N) is 1. The van der Waals surface area contributed by atoms with Crippen molar-refractivity contribution in [2.24, 2.45) is 5.73 Å². The van der Waals surface area contributed by atoms with Crippen LogP contribution in [0.5, 0.6) is 23.0 Å². The number of hydrogen-bond acceptors (Lipinski definition) is 7. The molecular weight excluding hydrogens is 408 g/mol. The molecule has 1 aliphatic rings. The summed E-state index contributed by atoms with van der Waals surface area (Å²) in [5.41, 5.74) is 8.34. The van der Waals surface area contributed by atoms with Gasteiger partial charge in [-0.3, -0.25) is 0 Å². The number of rotatable bonds is 5. The van der Waals surface area contributed by atoms with Crippen LogP contribution in [0.2, 0.25) is 0 Å². The third kappa shape index (κ3) is 3.94. The van der Waals surface area contributed by atoms with E-state index in [9.17, 15) is 10.1 Å². The predicted octanol–water partition coefficient (Wildman–Crippen LogP) is 4.14. The fraction of sp³-hybridized carbons (Fsp3) is 0.120. The Kier molecular flexibility index (Phi) is 5.69. The number of nitriles is 1. The molecule has 0 bridgehead atoms. The molecular formula is C25H20N2O5. The van der Waals surface area contributed by atoms with E-state index in [1.807, 2.05) is 24.3 Å². The van der Waals surface area contributed by atoms with Gasteiger partial charge in [0.05, 0.1) is 25.7 Å². The molecule has 160 valence electrons. The zero-order chi connectivity index (χ0) is 22.7. The minimum absolute atomic E-state index is 0.0134. The van der Waals surface area contributed by atoms with Crippen LogP contribution in [0.1, 0.15) is 27.4 Å². The molecule has 0 unspecified atom stereocenters. The molecule has 4 rings (SSSR count). The number of ether oxygens (including phenoxy) is 4. The van der Waals surface area contributed by atoms with Gasteiger partial charge in [-0.15, -0.1) is 0 Å². The Morgan fingerprint density at radius 1 is 0.938 bits per heavy atom. The third-order valence-electron chi connectivity index (χ3n) is 5.18. The van der Waals surface area contributed by atoms with Crippen LogP contribution in [0.25, 0.3) is 0 Å². The highest BCUT2D eigenvalue weighted by Gasteiger charge is 2.31. The fourth-order valence-corrected chi connectivity index (χ4v) is 3.53. The standard InChI is InChI=1S/C25H20N2O5/c1-29-17-7-3-15(4-8-17)23-20-12-11-19(13-22(20)32-24(27)21(23)14-26)31-25(28)16-5-9-18(30-2)10-6-16/h3-13,23H,27H2,1-2H3/t23-/m0/s1. The van der Waals surface area contributed by atoms with Crippen LogP contribution < -0.4 is 24.7 Å². The summed E-state index contributed by atoms with van der Waals surface area (Å²) in [6.45, 7) is 0. The van der Waals surface area contributed by atoms with Crippen LogP contribution in [0.3, 0.4) is 0 Å². The normalized spacial score (nSPS) is 14.6. The molecule has 0 aromatic heterocycles. The number of hydrogen-bond donors (Lipinski definition) is 1. The second-order valence-electron chi connectivity index (χ2n) is 7.02. The van der Waals surface area contributed by atoms with Gasteiger partial charge in [0.1, 0.15) is 34.6 Å². The van der Waals surface area contributed by atoms with Gasteiger partial charge in [0.15, 0.2) is 0 Å². The van der Waals surface area contributed by atoms with Crippen LogP contribution in [0.15, 0.2) is 78.2 Å². The average Bonchev–Trinajstić information content (AvgIpc) is 2.83. The van der Waals surface area contributed by atoms with Gasteiger partial charge in [0.25, 0.3) is 0 Å². The van der Waals surface area contributed by atoms with E-state index in [4.69, 9.17) is 24.7 Å². The van der Waals surface area contributed by atoms with E-state index in [-0.39, 0.29) is 5.88 Å². The molecule has 7 nitrogen and oxygen atoms in total. The highest BCUT2D eigenvalue weighted by atomic mass is 16.5. The zero-order valence-electron chi connectivity index (χ0n) is 17.5. The van der Waals surface area contributed by atoms with Crippen molar-refractivity contribution in [3.8, 4) is 29.1 Å². The molecule has 0 fully saturated rings. The van der Waals surface area contributed by atoms with Gasteiger partial charge >= 0.3 is 5.97 Å². The zero-order valence-corrected chi connectivity index (χ0v) is 17.5. The minimum Gasteiger partial charge on any atom is -0.497 e. The lowest BCUT2D eigenvalue weighted by atomic mass is 9.83. The molecule has 1 heterocycles. The van der Waals surface area contributed by atoms with E-state index in [0.29, 0.717) is 34.1 Å². The largest absolute Gasteiger partial charge is 0.497 e. The third-order valence-corrected chi connectivity index (χ3v) is 5.18. The summed E-state index contributed by atoms with van der Waals surface area (Å²) in [6.07, 6.45) is 0. The molecule has 0 aliphatic carbocycles. The van der Waals surface area contributed by atoms with E-state index >= 15 is 0 Å². The molecule has 0 saturated carbocycles. The number of benzene rings is 3. The van der Waals surface area contributed by atoms with Crippen LogP contribution in [0.4, 0.5) is 0 Å². The van der Waals surface area contributed by atoms with Crippen molar-refractivity contribution in [1.29, 1.82) is 5.26 Å². The molecule has 2 N–H and O–H groups in total. The molecule has 0 radical (unpaired) electrons. The number of allylic oxidation sites excluding steroid dienone is 1. The lowest BCUT2D eigenvalue weighted by molar-refractivity contribution is 0.0734. The van der Waals surface area contributed by atoms with Crippen LogP contribution in [-0.2, 0) is 0 Å². The first kappa shape index (κ1) is 20.8. The minimum atomic E-state index is -0.517. The molecule has 1 aliphatic heterocycles. The lowest BCUT2D eigenvalue weighted by Gasteiger charge is -2.26. The summed E-state index contributed by atoms with van der Waals surface area (Å²) >= 11 is 0. The van der Waals surface area contributed by atoms with Crippen molar-refractivity contribution < 1.29 is 23.7 Å². The van der Waals surface area contributed by atoms with Gasteiger partial charge in [-0.25, -0.2) is 4.79 Å². The fourth-order valence-electron chi connectivity index (χ4n) is 3.53. The highest BCUT2D eigenvalue weighted by molar-refractivity contribution is 5.91. The predicted molar refractivity (Wildman–Crippen MR) is 117 cm³/mol. The van der Waals surface area contributed by atoms with Gasteiger partial charge in [0, 0.05) is 11.6 Å². The second-order valence-corrected chi connectivity index (χ2v) is 7.02. The number of carbonyl (C=O) groups excluding carboxylic acids is 1. The van der Waals surface area contributed by atoms with Gasteiger partial charge in [-0.1, -0.05) is 18.2 Å². The van der Waals surface area contributed by atoms with E-state index in [2.05, 4.69) is 6.07 Å². The smallest absolute Gasteiger partial charge is 0.343 e. The molecule has 3 aromatic carbocycles. The topological polar surface area (TPSA) is 104 Å². The number of nitrogens with two attached hydrogens (primary N) is 1. The summed E-state index contributed by atoms with van der Waals surface area (Å²) < 4.78 is 21.5. The first-order valence-electron chi connectivity index (χ1n) is 9.75. The molecule has 32 heavy (non-hydrogen) atoms. The van der Waals surface area contributed by atoms with Gasteiger partial charge in [0.2, 0.25) is 5.88 Å². The summed E-state index contributed by atoms with van der Waals surface area (Å²) in [4.78, 5) is 12.5. The van der Waals surface area contributed by atoms with E-state index in [1.54, 1.807) is 56.7 Å². The molecule has 7 heteroatoms. The highest BCUT2D eigenvalue weighted by Crippen LogP contribution is 2.43. The van der Waals surface area contributed by atoms with Crippen LogP contribution in [-0.4, -0.2) is 20.2 Å². The first-order valence-corrected chi connectivity index (χ1v) is 9.75. The molecule has 0 spiro atoms. The van der Waals surface area contributed by atoms with Crippen molar-refractivity contribution in [1.82, 2.24) is 0 Å². The van der Waals surface area contributed by atoms with Crippen molar-refractivity contribution in [3.05, 3.63) is 94.9 Å². The quantitative estimate of drug-likeness (QED) is 0.481. The average molecular weight is 428 g/mol. The van der Waals surface area contributed by atoms with Crippen molar-refractivity contribution in [2.75, 3.05) is 14.2 Å². The summed E-state index contributed by atoms with van der Waals surface area (Å²) in [6, 6.07) is 21.2.